The molecular formula is C28H24Cl2N2O5. The highest BCUT2D eigenvalue weighted by Crippen LogP contribution is 2.65. The number of aromatic hydroxyl groups is 1. The van der Waals surface area contributed by atoms with E-state index in [0.29, 0.717) is 23.2 Å². The van der Waals surface area contributed by atoms with Crippen LogP contribution in [0.25, 0.3) is 0 Å². The van der Waals surface area contributed by atoms with Gasteiger partial charge in [-0.25, -0.2) is 0 Å². The molecule has 6 rings (SSSR count). The Balaban J connectivity index is 1.53. The summed E-state index contributed by atoms with van der Waals surface area (Å²) in [6.45, 7) is 1.73. The number of amides is 4. The van der Waals surface area contributed by atoms with Crippen molar-refractivity contribution in [3.8, 4) is 5.75 Å². The van der Waals surface area contributed by atoms with Crippen LogP contribution in [0.4, 0.5) is 5.69 Å². The van der Waals surface area contributed by atoms with E-state index in [1.165, 1.54) is 18.0 Å². The lowest BCUT2D eigenvalue weighted by Gasteiger charge is -2.50. The molecule has 4 amide bonds. The van der Waals surface area contributed by atoms with Gasteiger partial charge in [-0.1, -0.05) is 42.0 Å². The Morgan fingerprint density at radius 1 is 0.946 bits per heavy atom. The van der Waals surface area contributed by atoms with E-state index in [9.17, 15) is 24.3 Å². The first-order valence-corrected chi connectivity index (χ1v) is 12.9. The van der Waals surface area contributed by atoms with Crippen LogP contribution in [0.3, 0.4) is 0 Å². The molecule has 9 heteroatoms. The van der Waals surface area contributed by atoms with Crippen LogP contribution < -0.4 is 4.90 Å². The molecular weight excluding hydrogens is 515 g/mol. The number of rotatable bonds is 2. The van der Waals surface area contributed by atoms with Crippen LogP contribution in [0, 0.1) is 24.7 Å². The summed E-state index contributed by atoms with van der Waals surface area (Å²) < 4.78 is 0. The van der Waals surface area contributed by atoms with E-state index in [0.717, 1.165) is 10.5 Å². The predicted octanol–water partition coefficient (Wildman–Crippen LogP) is 3.89. The molecule has 2 aliphatic heterocycles. The van der Waals surface area contributed by atoms with Crippen molar-refractivity contribution in [1.82, 2.24) is 4.90 Å². The van der Waals surface area contributed by atoms with Gasteiger partial charge in [0.05, 0.1) is 17.5 Å². The van der Waals surface area contributed by atoms with Crippen LogP contribution in [-0.2, 0) is 19.2 Å². The van der Waals surface area contributed by atoms with E-state index in [2.05, 4.69) is 0 Å². The summed E-state index contributed by atoms with van der Waals surface area (Å²) in [5.41, 5.74) is 2.40. The lowest BCUT2D eigenvalue weighted by Crippen LogP contribution is -2.60. The van der Waals surface area contributed by atoms with Gasteiger partial charge in [0.25, 0.3) is 11.8 Å². The maximum Gasteiger partial charge on any atom is 0.253 e. The van der Waals surface area contributed by atoms with Gasteiger partial charge < -0.3 is 5.11 Å². The Bertz CT molecular complexity index is 1420. The Labute approximate surface area is 223 Å². The fourth-order valence-corrected chi connectivity index (χ4v) is 7.83. The lowest BCUT2D eigenvalue weighted by atomic mass is 9.56. The van der Waals surface area contributed by atoms with E-state index < -0.39 is 45.2 Å². The zero-order valence-electron chi connectivity index (χ0n) is 20.2. The SMILES string of the molecule is Cc1cc(C2C3=CCC4C(=O)N(c5ccccc5)C(=O)C4C3CC3(Cl)C(=O)N(C)C(=O)C23Cl)ccc1O. The molecule has 190 valence electrons. The third-order valence-electron chi connectivity index (χ3n) is 8.58. The maximum absolute atomic E-state index is 13.8. The van der Waals surface area contributed by atoms with Crippen molar-refractivity contribution < 1.29 is 24.3 Å². The Hall–Kier alpha value is -3.16. The van der Waals surface area contributed by atoms with Crippen LogP contribution in [0.15, 0.2) is 60.2 Å². The van der Waals surface area contributed by atoms with Crippen molar-refractivity contribution in [2.45, 2.75) is 35.4 Å². The second kappa shape index (κ2) is 7.92. The number of alkyl halides is 2. The number of aryl methyl sites for hydroxylation is 1. The zero-order valence-corrected chi connectivity index (χ0v) is 21.7. The van der Waals surface area contributed by atoms with Crippen molar-refractivity contribution in [2.24, 2.45) is 17.8 Å². The summed E-state index contributed by atoms with van der Waals surface area (Å²) >= 11 is 14.3. The van der Waals surface area contributed by atoms with E-state index in [1.54, 1.807) is 43.3 Å². The number of phenolic OH excluding ortho intramolecular Hbond substituents is 1. The number of imide groups is 2. The highest BCUT2D eigenvalue weighted by molar-refractivity contribution is 6.53. The number of benzene rings is 2. The lowest BCUT2D eigenvalue weighted by molar-refractivity contribution is -0.138. The van der Waals surface area contributed by atoms with Gasteiger partial charge in [-0.3, -0.25) is 29.0 Å². The molecule has 2 aromatic rings. The molecule has 7 nitrogen and oxygen atoms in total. The van der Waals surface area contributed by atoms with Gasteiger partial charge in [-0.2, -0.15) is 0 Å². The summed E-state index contributed by atoms with van der Waals surface area (Å²) in [6, 6.07) is 13.7. The number of allylic oxidation sites excluding steroid dienone is 2. The number of hydrogen-bond acceptors (Lipinski definition) is 5. The number of phenols is 1. The average Bonchev–Trinajstić information content (AvgIpc) is 3.21. The topological polar surface area (TPSA) is 95.0 Å². The highest BCUT2D eigenvalue weighted by atomic mass is 35.5. The van der Waals surface area contributed by atoms with Gasteiger partial charge in [-0.15, -0.1) is 23.2 Å². The average molecular weight is 539 g/mol. The molecule has 2 heterocycles. The molecule has 37 heavy (non-hydrogen) atoms. The highest BCUT2D eigenvalue weighted by Gasteiger charge is 2.75. The van der Waals surface area contributed by atoms with Crippen LogP contribution in [0.1, 0.15) is 29.9 Å². The number of likely N-dealkylation sites (tertiary alicyclic amines) is 1. The Kier molecular flexibility index (Phi) is 5.18. The molecule has 6 unspecified atom stereocenters. The van der Waals surface area contributed by atoms with Gasteiger partial charge in [0.15, 0.2) is 9.75 Å². The first kappa shape index (κ1) is 24.2. The number of para-hydroxylation sites is 1. The van der Waals surface area contributed by atoms with Crippen LogP contribution in [-0.4, -0.2) is 50.4 Å². The van der Waals surface area contributed by atoms with Gasteiger partial charge in [0.2, 0.25) is 11.8 Å². The van der Waals surface area contributed by atoms with E-state index in [4.69, 9.17) is 23.2 Å². The van der Waals surface area contributed by atoms with E-state index in [-0.39, 0.29) is 24.0 Å². The normalized spacial score (nSPS) is 34.9. The monoisotopic (exact) mass is 538 g/mol. The minimum Gasteiger partial charge on any atom is -0.508 e. The molecule has 0 spiro atoms. The Morgan fingerprint density at radius 2 is 1.65 bits per heavy atom. The standard InChI is InChI=1S/C28H24Cl2N2O5/c1-14-12-15(8-11-20(14)33)22-17-9-10-18-21(24(35)32(23(18)34)16-6-4-3-5-7-16)19(17)13-27(29)25(36)31(2)26(37)28(22,27)30/h3-9,11-12,18-19,21-22,33H,10,13H2,1-2H3. The molecule has 0 bridgehead atoms. The summed E-state index contributed by atoms with van der Waals surface area (Å²) in [5, 5.41) is 10.1. The first-order valence-electron chi connectivity index (χ1n) is 12.1. The number of carbonyl (C=O) groups excluding carboxylic acids is 4. The molecule has 1 N–H and O–H groups in total. The fraction of sp³-hybridized carbons (Fsp3) is 0.357. The number of anilines is 1. The third-order valence-corrected chi connectivity index (χ3v) is 10.00. The minimum atomic E-state index is -1.83. The molecule has 0 aromatic heterocycles. The van der Waals surface area contributed by atoms with Crippen molar-refractivity contribution in [3.05, 3.63) is 71.3 Å². The van der Waals surface area contributed by atoms with Crippen LogP contribution >= 0.6 is 23.2 Å². The molecule has 2 aliphatic carbocycles. The summed E-state index contributed by atoms with van der Waals surface area (Å²) in [5.74, 6) is -4.52. The van der Waals surface area contributed by atoms with Crippen LogP contribution in [0.5, 0.6) is 5.75 Å². The second-order valence-corrected chi connectivity index (χ2v) is 11.6. The number of nitrogens with zero attached hydrogens (tertiary/aromatic N) is 2. The Morgan fingerprint density at radius 3 is 2.32 bits per heavy atom. The predicted molar refractivity (Wildman–Crippen MR) is 137 cm³/mol. The quantitative estimate of drug-likeness (QED) is 0.355. The minimum absolute atomic E-state index is 0.0464. The van der Waals surface area contributed by atoms with Crippen molar-refractivity contribution in [3.63, 3.8) is 0 Å². The van der Waals surface area contributed by atoms with Crippen molar-refractivity contribution in [2.75, 3.05) is 11.9 Å². The van der Waals surface area contributed by atoms with Gasteiger partial charge in [-0.05, 0) is 55.0 Å². The van der Waals surface area contributed by atoms with E-state index in [1.807, 2.05) is 12.1 Å². The number of hydrogen-bond donors (Lipinski definition) is 1. The fourth-order valence-electron chi connectivity index (χ4n) is 6.81. The molecule has 6 atom stereocenters. The third kappa shape index (κ3) is 2.95. The molecule has 1 saturated carbocycles. The summed E-state index contributed by atoms with van der Waals surface area (Å²) in [7, 11) is 1.36. The molecule has 2 aromatic carbocycles. The molecule has 3 fully saturated rings. The largest absolute Gasteiger partial charge is 0.508 e. The first-order chi connectivity index (χ1) is 17.5. The second-order valence-electron chi connectivity index (χ2n) is 10.4. The zero-order chi connectivity index (χ0) is 26.4. The van der Waals surface area contributed by atoms with Gasteiger partial charge >= 0.3 is 0 Å². The summed E-state index contributed by atoms with van der Waals surface area (Å²) in [6.07, 6.45) is 2.16. The maximum atomic E-state index is 13.8. The van der Waals surface area contributed by atoms with Crippen LogP contribution in [0.2, 0.25) is 0 Å². The number of fused-ring (bicyclic) bond motifs is 4. The van der Waals surface area contributed by atoms with Gasteiger partial charge in [0.1, 0.15) is 5.75 Å². The van der Waals surface area contributed by atoms with Crippen molar-refractivity contribution >= 4 is 52.5 Å². The summed E-state index contributed by atoms with van der Waals surface area (Å²) in [4.78, 5) is 52.8. The number of halogens is 2. The molecule has 4 aliphatic rings. The smallest absolute Gasteiger partial charge is 0.253 e. The number of carbonyl (C=O) groups is 4. The van der Waals surface area contributed by atoms with Crippen molar-refractivity contribution in [1.29, 1.82) is 0 Å². The molecule has 2 saturated heterocycles. The molecule has 0 radical (unpaired) electrons. The van der Waals surface area contributed by atoms with Gasteiger partial charge in [0, 0.05) is 13.0 Å². The van der Waals surface area contributed by atoms with E-state index >= 15 is 0 Å².